The second-order valence-electron chi connectivity index (χ2n) is 8.34. The number of ether oxygens (including phenoxy) is 1. The zero-order chi connectivity index (χ0) is 25.0. The van der Waals surface area contributed by atoms with Crippen LogP contribution >= 0.6 is 11.6 Å². The highest BCUT2D eigenvalue weighted by Gasteiger charge is 2.21. The molecule has 0 saturated carbocycles. The number of rotatable bonds is 12. The first kappa shape index (κ1) is 26.4. The summed E-state index contributed by atoms with van der Waals surface area (Å²) < 4.78 is 5.01. The smallest absolute Gasteiger partial charge is 0.326 e. The van der Waals surface area contributed by atoms with Gasteiger partial charge in [-0.3, -0.25) is 10.1 Å². The monoisotopic (exact) mass is 494 g/mol. The fourth-order valence-electron chi connectivity index (χ4n) is 3.82. The van der Waals surface area contributed by atoms with Crippen molar-refractivity contribution >= 4 is 29.1 Å². The Balaban J connectivity index is 1.57. The highest BCUT2D eigenvalue weighted by molar-refractivity contribution is 6.31. The van der Waals surface area contributed by atoms with E-state index in [0.717, 1.165) is 30.5 Å². The molecule has 35 heavy (non-hydrogen) atoms. The Morgan fingerprint density at radius 1 is 1.14 bits per heavy atom. The number of methoxy groups -OCH3 is 1. The van der Waals surface area contributed by atoms with Crippen molar-refractivity contribution in [1.82, 2.24) is 10.6 Å². The van der Waals surface area contributed by atoms with Gasteiger partial charge in [0.2, 0.25) is 5.91 Å². The predicted molar refractivity (Wildman–Crippen MR) is 139 cm³/mol. The summed E-state index contributed by atoms with van der Waals surface area (Å²) in [6, 6.07) is 13.8. The number of allylic oxidation sites excluding steroid dienone is 5. The van der Waals surface area contributed by atoms with E-state index in [1.54, 1.807) is 31.4 Å². The maximum atomic E-state index is 12.4. The van der Waals surface area contributed by atoms with Gasteiger partial charge in [0.1, 0.15) is 6.04 Å². The predicted octanol–water partition coefficient (Wildman–Crippen LogP) is 4.55. The molecule has 3 rings (SSSR count). The molecule has 7 heteroatoms. The number of amides is 1. The van der Waals surface area contributed by atoms with E-state index in [4.69, 9.17) is 16.3 Å². The summed E-state index contributed by atoms with van der Waals surface area (Å²) in [6.07, 6.45) is 10.5. The number of carbonyl (C=O) groups excluding carboxylic acids is 1. The molecule has 0 heterocycles. The summed E-state index contributed by atoms with van der Waals surface area (Å²) in [7, 11) is 1.67. The quantitative estimate of drug-likeness (QED) is 0.297. The number of carbonyl (C=O) groups is 2. The van der Waals surface area contributed by atoms with Gasteiger partial charge in [-0.15, -0.1) is 0 Å². The minimum absolute atomic E-state index is 0.0298. The third-order valence-electron chi connectivity index (χ3n) is 5.74. The van der Waals surface area contributed by atoms with Gasteiger partial charge in [-0.25, -0.2) is 4.79 Å². The molecule has 1 unspecified atom stereocenters. The lowest BCUT2D eigenvalue weighted by atomic mass is 9.98. The van der Waals surface area contributed by atoms with Crippen molar-refractivity contribution in [2.45, 2.75) is 31.7 Å². The molecule has 6 nitrogen and oxygen atoms in total. The van der Waals surface area contributed by atoms with Crippen LogP contribution in [-0.4, -0.2) is 43.4 Å². The Morgan fingerprint density at radius 2 is 1.91 bits per heavy atom. The molecule has 3 N–H and O–H groups in total. The third-order valence-corrected chi connectivity index (χ3v) is 6.10. The lowest BCUT2D eigenvalue weighted by Gasteiger charge is -2.15. The van der Waals surface area contributed by atoms with Crippen LogP contribution < -0.4 is 10.6 Å². The van der Waals surface area contributed by atoms with Crippen LogP contribution in [0.3, 0.4) is 0 Å². The van der Waals surface area contributed by atoms with Crippen LogP contribution in [0.4, 0.5) is 0 Å². The average molecular weight is 495 g/mol. The molecule has 0 aliphatic heterocycles. The summed E-state index contributed by atoms with van der Waals surface area (Å²) >= 11 is 6.11. The first-order chi connectivity index (χ1) is 17.0. The van der Waals surface area contributed by atoms with Crippen molar-refractivity contribution in [3.63, 3.8) is 0 Å². The molecule has 1 amide bonds. The number of hydrogen-bond donors (Lipinski definition) is 3. The van der Waals surface area contributed by atoms with Gasteiger partial charge in [-0.1, -0.05) is 83.9 Å². The molecule has 2 aromatic carbocycles. The van der Waals surface area contributed by atoms with Crippen molar-refractivity contribution in [3.05, 3.63) is 100 Å². The van der Waals surface area contributed by atoms with E-state index in [2.05, 4.69) is 34.9 Å². The summed E-state index contributed by atoms with van der Waals surface area (Å²) in [5.41, 5.74) is 5.05. The molecule has 0 spiro atoms. The molecule has 0 radical (unpaired) electrons. The maximum absolute atomic E-state index is 12.4. The van der Waals surface area contributed by atoms with Crippen LogP contribution in [0.2, 0.25) is 5.02 Å². The van der Waals surface area contributed by atoms with E-state index >= 15 is 0 Å². The van der Waals surface area contributed by atoms with E-state index < -0.39 is 12.0 Å². The SMILES string of the molecule is COCNCCC1=CCC(c2ccc(CC(NC(=O)Cc3ccccc3Cl)C(=O)O)cc2)=CC=C1. The molecule has 0 saturated heterocycles. The Kier molecular flexibility index (Phi) is 10.3. The Hall–Kier alpha value is -3.19. The lowest BCUT2D eigenvalue weighted by Crippen LogP contribution is -2.43. The summed E-state index contributed by atoms with van der Waals surface area (Å²) in [6.45, 7) is 1.40. The van der Waals surface area contributed by atoms with Crippen molar-refractivity contribution < 1.29 is 19.4 Å². The van der Waals surface area contributed by atoms with Gasteiger partial charge in [0, 0.05) is 25.1 Å². The van der Waals surface area contributed by atoms with Gasteiger partial charge in [-0.2, -0.15) is 0 Å². The minimum atomic E-state index is -1.07. The Labute approximate surface area is 211 Å². The normalized spacial score (nSPS) is 14.0. The van der Waals surface area contributed by atoms with Gasteiger partial charge in [0.05, 0.1) is 13.2 Å². The molecule has 184 valence electrons. The number of hydrogen-bond acceptors (Lipinski definition) is 4. The number of nitrogens with one attached hydrogen (secondary N) is 2. The fourth-order valence-corrected chi connectivity index (χ4v) is 4.02. The molecule has 1 aliphatic carbocycles. The highest BCUT2D eigenvalue weighted by Crippen LogP contribution is 2.24. The van der Waals surface area contributed by atoms with Crippen LogP contribution in [0, 0.1) is 0 Å². The Morgan fingerprint density at radius 3 is 2.63 bits per heavy atom. The summed E-state index contributed by atoms with van der Waals surface area (Å²) in [5, 5.41) is 16.0. The second kappa shape index (κ2) is 13.6. The highest BCUT2D eigenvalue weighted by atomic mass is 35.5. The van der Waals surface area contributed by atoms with E-state index in [1.807, 2.05) is 24.3 Å². The van der Waals surface area contributed by atoms with Gasteiger partial charge in [0.25, 0.3) is 0 Å². The van der Waals surface area contributed by atoms with Crippen LogP contribution in [0.25, 0.3) is 5.57 Å². The zero-order valence-electron chi connectivity index (χ0n) is 19.8. The number of benzene rings is 2. The van der Waals surface area contributed by atoms with Gasteiger partial charge in [0.15, 0.2) is 0 Å². The molecular formula is C28H31ClN2O4. The fraction of sp³-hybridized carbons (Fsp3) is 0.286. The standard InChI is InChI=1S/C28H31ClN2O4/c1-35-19-30-16-15-20-5-4-7-22(12-9-20)23-13-10-21(11-14-23)17-26(28(33)34)31-27(32)18-24-6-2-3-8-25(24)29/h2-11,13-14,26,30H,12,15-19H2,1H3,(H,31,32)(H,33,34). The van der Waals surface area contributed by atoms with Crippen molar-refractivity contribution in [1.29, 1.82) is 0 Å². The lowest BCUT2D eigenvalue weighted by molar-refractivity contribution is -0.141. The molecule has 2 aromatic rings. The van der Waals surface area contributed by atoms with Gasteiger partial charge < -0.3 is 15.2 Å². The van der Waals surface area contributed by atoms with Crippen molar-refractivity contribution in [3.8, 4) is 0 Å². The van der Waals surface area contributed by atoms with E-state index in [9.17, 15) is 14.7 Å². The topological polar surface area (TPSA) is 87.7 Å². The van der Waals surface area contributed by atoms with Crippen LogP contribution in [0.5, 0.6) is 0 Å². The van der Waals surface area contributed by atoms with Crippen LogP contribution in [0.1, 0.15) is 29.5 Å². The molecule has 1 atom stereocenters. The van der Waals surface area contributed by atoms with Crippen molar-refractivity contribution in [2.24, 2.45) is 0 Å². The Bertz CT molecular complexity index is 1110. The van der Waals surface area contributed by atoms with Gasteiger partial charge >= 0.3 is 5.97 Å². The largest absolute Gasteiger partial charge is 0.480 e. The summed E-state index contributed by atoms with van der Waals surface area (Å²) in [5.74, 6) is -1.45. The first-order valence-electron chi connectivity index (χ1n) is 11.6. The third kappa shape index (κ3) is 8.51. The van der Waals surface area contributed by atoms with Gasteiger partial charge in [-0.05, 0) is 41.2 Å². The average Bonchev–Trinajstić information content (AvgIpc) is 3.09. The minimum Gasteiger partial charge on any atom is -0.480 e. The zero-order valence-corrected chi connectivity index (χ0v) is 20.6. The van der Waals surface area contributed by atoms with Crippen molar-refractivity contribution in [2.75, 3.05) is 20.4 Å². The first-order valence-corrected chi connectivity index (χ1v) is 11.9. The number of halogens is 1. The second-order valence-corrected chi connectivity index (χ2v) is 8.75. The number of carboxylic acids is 1. The van der Waals surface area contributed by atoms with E-state index in [0.29, 0.717) is 17.3 Å². The maximum Gasteiger partial charge on any atom is 0.326 e. The van der Waals surface area contributed by atoms with E-state index in [1.165, 1.54) is 11.1 Å². The van der Waals surface area contributed by atoms with E-state index in [-0.39, 0.29) is 18.7 Å². The number of carboxylic acid groups (broad SMARTS) is 1. The molecular weight excluding hydrogens is 464 g/mol. The molecule has 0 aromatic heterocycles. The number of aliphatic carboxylic acids is 1. The molecule has 0 fully saturated rings. The van der Waals surface area contributed by atoms with Crippen LogP contribution in [0.15, 0.2) is 78.4 Å². The van der Waals surface area contributed by atoms with Crippen LogP contribution in [-0.2, 0) is 27.2 Å². The molecule has 0 bridgehead atoms. The summed E-state index contributed by atoms with van der Waals surface area (Å²) in [4.78, 5) is 24.2. The molecule has 1 aliphatic rings.